The third-order valence-corrected chi connectivity index (χ3v) is 5.81. The van der Waals surface area contributed by atoms with Gasteiger partial charge in [-0.25, -0.2) is 4.98 Å². The molecule has 1 aromatic rings. The van der Waals surface area contributed by atoms with Gasteiger partial charge in [0.1, 0.15) is 0 Å². The fourth-order valence-electron chi connectivity index (χ4n) is 3.21. The van der Waals surface area contributed by atoms with Gasteiger partial charge in [-0.2, -0.15) is 0 Å². The van der Waals surface area contributed by atoms with Crippen LogP contribution in [0.4, 0.5) is 0 Å². The summed E-state index contributed by atoms with van der Waals surface area (Å²) >= 11 is 1.76. The SMILES string of the molecule is CCC1CCC(CNC(=NC)NCc2sc(C)nc2C)CC1. The van der Waals surface area contributed by atoms with Crippen molar-refractivity contribution in [3.05, 3.63) is 15.6 Å². The van der Waals surface area contributed by atoms with Gasteiger partial charge < -0.3 is 10.6 Å². The summed E-state index contributed by atoms with van der Waals surface area (Å²) in [5, 5.41) is 8.03. The van der Waals surface area contributed by atoms with Gasteiger partial charge in [-0.05, 0) is 38.5 Å². The highest BCUT2D eigenvalue weighted by Gasteiger charge is 2.19. The van der Waals surface area contributed by atoms with Crippen LogP contribution >= 0.6 is 11.3 Å². The first kappa shape index (κ1) is 17.3. The van der Waals surface area contributed by atoms with Crippen molar-refractivity contribution in [2.24, 2.45) is 16.8 Å². The van der Waals surface area contributed by atoms with Crippen molar-refractivity contribution in [1.82, 2.24) is 15.6 Å². The van der Waals surface area contributed by atoms with Gasteiger partial charge in [0.15, 0.2) is 5.96 Å². The van der Waals surface area contributed by atoms with E-state index < -0.39 is 0 Å². The van der Waals surface area contributed by atoms with E-state index in [2.05, 4.69) is 41.4 Å². The molecule has 4 nitrogen and oxygen atoms in total. The van der Waals surface area contributed by atoms with Gasteiger partial charge in [-0.1, -0.05) is 26.2 Å². The molecule has 0 aliphatic heterocycles. The number of nitrogens with one attached hydrogen (secondary N) is 2. The van der Waals surface area contributed by atoms with E-state index in [0.717, 1.165) is 41.6 Å². The molecule has 1 saturated carbocycles. The van der Waals surface area contributed by atoms with E-state index in [1.165, 1.54) is 37.0 Å². The molecule has 1 heterocycles. The second-order valence-electron chi connectivity index (χ2n) is 6.34. The maximum Gasteiger partial charge on any atom is 0.191 e. The van der Waals surface area contributed by atoms with E-state index in [4.69, 9.17) is 0 Å². The topological polar surface area (TPSA) is 49.3 Å². The molecule has 0 atom stereocenters. The largest absolute Gasteiger partial charge is 0.356 e. The summed E-state index contributed by atoms with van der Waals surface area (Å²) < 4.78 is 0. The summed E-state index contributed by atoms with van der Waals surface area (Å²) in [5.74, 6) is 2.67. The minimum Gasteiger partial charge on any atom is -0.356 e. The molecule has 22 heavy (non-hydrogen) atoms. The highest BCUT2D eigenvalue weighted by molar-refractivity contribution is 7.11. The minimum absolute atomic E-state index is 0.800. The van der Waals surface area contributed by atoms with Crippen molar-refractivity contribution in [3.63, 3.8) is 0 Å². The Balaban J connectivity index is 1.73. The first-order chi connectivity index (χ1) is 10.6. The van der Waals surface area contributed by atoms with Gasteiger partial charge in [0.25, 0.3) is 0 Å². The summed E-state index contributed by atoms with van der Waals surface area (Å²) in [7, 11) is 1.84. The summed E-state index contributed by atoms with van der Waals surface area (Å²) in [6, 6.07) is 0. The number of rotatable bonds is 5. The molecule has 5 heteroatoms. The van der Waals surface area contributed by atoms with Crippen molar-refractivity contribution < 1.29 is 0 Å². The zero-order chi connectivity index (χ0) is 15.9. The molecular weight excluding hydrogens is 292 g/mol. The van der Waals surface area contributed by atoms with E-state index in [9.17, 15) is 0 Å². The number of hydrogen-bond donors (Lipinski definition) is 2. The lowest BCUT2D eigenvalue weighted by Crippen LogP contribution is -2.40. The lowest BCUT2D eigenvalue weighted by atomic mass is 9.81. The Morgan fingerprint density at radius 1 is 1.18 bits per heavy atom. The van der Waals surface area contributed by atoms with E-state index in [-0.39, 0.29) is 0 Å². The number of aromatic nitrogens is 1. The number of aliphatic imine (C=N–C) groups is 1. The molecule has 2 N–H and O–H groups in total. The first-order valence-corrected chi connectivity index (χ1v) is 9.31. The molecule has 1 aromatic heterocycles. The van der Waals surface area contributed by atoms with Crippen molar-refractivity contribution >= 4 is 17.3 Å². The second-order valence-corrected chi connectivity index (χ2v) is 7.63. The maximum atomic E-state index is 4.47. The maximum absolute atomic E-state index is 4.47. The van der Waals surface area contributed by atoms with E-state index in [1.54, 1.807) is 11.3 Å². The second kappa shape index (κ2) is 8.51. The number of hydrogen-bond acceptors (Lipinski definition) is 3. The lowest BCUT2D eigenvalue weighted by molar-refractivity contribution is 0.269. The molecule has 0 amide bonds. The van der Waals surface area contributed by atoms with Gasteiger partial charge in [0.05, 0.1) is 17.2 Å². The van der Waals surface area contributed by atoms with Crippen LogP contribution < -0.4 is 10.6 Å². The first-order valence-electron chi connectivity index (χ1n) is 8.49. The molecule has 0 bridgehead atoms. The van der Waals surface area contributed by atoms with Crippen LogP contribution in [0, 0.1) is 25.7 Å². The Hall–Kier alpha value is -1.10. The number of guanidine groups is 1. The summed E-state index contributed by atoms with van der Waals surface area (Å²) in [4.78, 5) is 10.1. The molecule has 124 valence electrons. The molecule has 0 aromatic carbocycles. The van der Waals surface area contributed by atoms with E-state index >= 15 is 0 Å². The highest BCUT2D eigenvalue weighted by Crippen LogP contribution is 2.30. The molecular formula is C17H30N4S. The van der Waals surface area contributed by atoms with Crippen LogP contribution in [0.5, 0.6) is 0 Å². The Morgan fingerprint density at radius 2 is 1.86 bits per heavy atom. The van der Waals surface area contributed by atoms with E-state index in [1.807, 2.05) is 7.05 Å². The smallest absolute Gasteiger partial charge is 0.191 e. The van der Waals surface area contributed by atoms with E-state index in [0.29, 0.717) is 0 Å². The van der Waals surface area contributed by atoms with Gasteiger partial charge in [-0.3, -0.25) is 4.99 Å². The van der Waals surface area contributed by atoms with Crippen LogP contribution in [-0.2, 0) is 6.54 Å². The summed E-state index contributed by atoms with van der Waals surface area (Å²) in [5.41, 5.74) is 1.13. The fourth-order valence-corrected chi connectivity index (χ4v) is 4.08. The Kier molecular flexibility index (Phi) is 6.68. The standard InChI is InChI=1S/C17H30N4S/c1-5-14-6-8-15(9-7-14)10-19-17(18-4)20-11-16-12(2)21-13(3)22-16/h14-15H,5-11H2,1-4H3,(H2,18,19,20). The monoisotopic (exact) mass is 322 g/mol. The number of nitrogens with zero attached hydrogens (tertiary/aromatic N) is 2. The average Bonchev–Trinajstić information content (AvgIpc) is 2.86. The fraction of sp³-hybridized carbons (Fsp3) is 0.765. The minimum atomic E-state index is 0.800. The zero-order valence-corrected chi connectivity index (χ0v) is 15.2. The Morgan fingerprint density at radius 3 is 2.41 bits per heavy atom. The zero-order valence-electron chi connectivity index (χ0n) is 14.4. The Labute approximate surface area is 138 Å². The van der Waals surface area contributed by atoms with Gasteiger partial charge in [0, 0.05) is 18.5 Å². The molecule has 1 aliphatic rings. The normalized spacial score (nSPS) is 22.6. The molecule has 0 radical (unpaired) electrons. The molecule has 1 aliphatic carbocycles. The molecule has 0 saturated heterocycles. The van der Waals surface area contributed by atoms with Crippen molar-refractivity contribution in [2.75, 3.05) is 13.6 Å². The molecule has 0 spiro atoms. The van der Waals surface area contributed by atoms with Crippen LogP contribution in [0.3, 0.4) is 0 Å². The van der Waals surface area contributed by atoms with Crippen molar-refractivity contribution in [3.8, 4) is 0 Å². The van der Waals surface area contributed by atoms with Crippen molar-refractivity contribution in [2.45, 2.75) is 59.4 Å². The number of aryl methyl sites for hydroxylation is 2. The van der Waals surface area contributed by atoms with Crippen LogP contribution in [-0.4, -0.2) is 24.5 Å². The highest BCUT2D eigenvalue weighted by atomic mass is 32.1. The average molecular weight is 323 g/mol. The van der Waals surface area contributed by atoms with Crippen LogP contribution in [0.15, 0.2) is 4.99 Å². The molecule has 0 unspecified atom stereocenters. The third kappa shape index (κ3) is 4.97. The van der Waals surface area contributed by atoms with Crippen LogP contribution in [0.2, 0.25) is 0 Å². The molecule has 2 rings (SSSR count). The van der Waals surface area contributed by atoms with Crippen LogP contribution in [0.25, 0.3) is 0 Å². The Bertz CT molecular complexity index is 487. The quantitative estimate of drug-likeness (QED) is 0.643. The van der Waals surface area contributed by atoms with Gasteiger partial charge in [0.2, 0.25) is 0 Å². The summed E-state index contributed by atoms with van der Waals surface area (Å²) in [6.45, 7) is 8.29. The van der Waals surface area contributed by atoms with Gasteiger partial charge in [-0.15, -0.1) is 11.3 Å². The molecule has 1 fully saturated rings. The predicted octanol–water partition coefficient (Wildman–Crippen LogP) is 3.64. The van der Waals surface area contributed by atoms with Gasteiger partial charge >= 0.3 is 0 Å². The number of thiazole rings is 1. The van der Waals surface area contributed by atoms with Crippen molar-refractivity contribution in [1.29, 1.82) is 0 Å². The third-order valence-electron chi connectivity index (χ3n) is 4.74. The lowest BCUT2D eigenvalue weighted by Gasteiger charge is -2.28. The van der Waals surface area contributed by atoms with Crippen LogP contribution in [0.1, 0.15) is 54.6 Å². The predicted molar refractivity (Wildman–Crippen MR) is 95.5 cm³/mol. The summed E-state index contributed by atoms with van der Waals surface area (Å²) in [6.07, 6.45) is 6.85.